The number of amides is 1. The summed E-state index contributed by atoms with van der Waals surface area (Å²) in [5, 5.41) is 6.29. The Balaban J connectivity index is 1.44. The summed E-state index contributed by atoms with van der Waals surface area (Å²) in [5.41, 5.74) is 3.99. The normalized spacial score (nSPS) is 16.0. The SMILES string of the molecule is COc1ccc2nc3n(c2c1)[C@@H](CNCc1ccc(NC(C)=O)cc1)COC3. The van der Waals surface area contributed by atoms with Crippen LogP contribution in [-0.2, 0) is 22.7 Å². The number of hydrogen-bond acceptors (Lipinski definition) is 5. The molecule has 0 bridgehead atoms. The molecular formula is C21H24N4O3. The molecule has 1 aromatic heterocycles. The number of ether oxygens (including phenoxy) is 2. The Morgan fingerprint density at radius 1 is 1.29 bits per heavy atom. The van der Waals surface area contributed by atoms with Crippen LogP contribution in [0, 0.1) is 0 Å². The number of nitrogens with one attached hydrogen (secondary N) is 2. The summed E-state index contributed by atoms with van der Waals surface area (Å²) in [7, 11) is 1.67. The second kappa shape index (κ2) is 8.00. The summed E-state index contributed by atoms with van der Waals surface area (Å²) in [6.07, 6.45) is 0. The molecule has 7 heteroatoms. The van der Waals surface area contributed by atoms with Crippen LogP contribution in [0.3, 0.4) is 0 Å². The van der Waals surface area contributed by atoms with Crippen LogP contribution in [0.25, 0.3) is 11.0 Å². The van der Waals surface area contributed by atoms with Crippen LogP contribution in [-0.4, -0.2) is 35.7 Å². The van der Waals surface area contributed by atoms with Crippen LogP contribution < -0.4 is 15.4 Å². The molecule has 2 N–H and O–H groups in total. The predicted molar refractivity (Wildman–Crippen MR) is 107 cm³/mol. The van der Waals surface area contributed by atoms with Crippen molar-refractivity contribution in [2.45, 2.75) is 26.1 Å². The zero-order chi connectivity index (χ0) is 19.5. The van der Waals surface area contributed by atoms with Crippen molar-refractivity contribution >= 4 is 22.6 Å². The zero-order valence-electron chi connectivity index (χ0n) is 16.1. The van der Waals surface area contributed by atoms with Gasteiger partial charge in [0, 0.05) is 31.8 Å². The number of hydrogen-bond donors (Lipinski definition) is 2. The third-order valence-corrected chi connectivity index (χ3v) is 4.86. The second-order valence-electron chi connectivity index (χ2n) is 6.93. The van der Waals surface area contributed by atoms with Crippen LogP contribution in [0.5, 0.6) is 5.75 Å². The lowest BCUT2D eigenvalue weighted by atomic mass is 10.2. The van der Waals surface area contributed by atoms with Gasteiger partial charge in [0.25, 0.3) is 0 Å². The van der Waals surface area contributed by atoms with Gasteiger partial charge in [-0.3, -0.25) is 4.79 Å². The maximum absolute atomic E-state index is 11.1. The number of imidazole rings is 1. The van der Waals surface area contributed by atoms with Crippen molar-refractivity contribution in [1.82, 2.24) is 14.9 Å². The molecule has 1 aliphatic rings. The molecule has 1 aliphatic heterocycles. The standard InChI is InChI=1S/C21H24N4O3/c1-14(26)23-16-5-3-15(4-6-16)10-22-11-17-12-28-13-21-24-19-8-7-18(27-2)9-20(19)25(17)21/h3-9,17,22H,10-13H2,1-2H3,(H,23,26)/t17-/m0/s1. The van der Waals surface area contributed by atoms with Gasteiger partial charge in [-0.05, 0) is 29.8 Å². The molecule has 0 aliphatic carbocycles. The highest BCUT2D eigenvalue weighted by Crippen LogP contribution is 2.28. The number of fused-ring (bicyclic) bond motifs is 3. The number of anilines is 1. The minimum absolute atomic E-state index is 0.0665. The molecule has 7 nitrogen and oxygen atoms in total. The Morgan fingerprint density at radius 2 is 2.11 bits per heavy atom. The monoisotopic (exact) mass is 380 g/mol. The van der Waals surface area contributed by atoms with Crippen molar-refractivity contribution in [2.75, 3.05) is 25.6 Å². The molecule has 0 spiro atoms. The highest BCUT2D eigenvalue weighted by Gasteiger charge is 2.24. The van der Waals surface area contributed by atoms with Crippen molar-refractivity contribution < 1.29 is 14.3 Å². The van der Waals surface area contributed by atoms with Crippen LogP contribution in [0.4, 0.5) is 5.69 Å². The summed E-state index contributed by atoms with van der Waals surface area (Å²) >= 11 is 0. The fraction of sp³-hybridized carbons (Fsp3) is 0.333. The highest BCUT2D eigenvalue weighted by atomic mass is 16.5. The molecule has 146 valence electrons. The molecular weight excluding hydrogens is 356 g/mol. The molecule has 1 atom stereocenters. The van der Waals surface area contributed by atoms with Crippen molar-refractivity contribution in [1.29, 1.82) is 0 Å². The van der Waals surface area contributed by atoms with Gasteiger partial charge in [-0.25, -0.2) is 4.98 Å². The van der Waals surface area contributed by atoms with E-state index in [0.29, 0.717) is 13.2 Å². The average molecular weight is 380 g/mol. The van der Waals surface area contributed by atoms with Gasteiger partial charge in [-0.1, -0.05) is 12.1 Å². The summed E-state index contributed by atoms with van der Waals surface area (Å²) in [4.78, 5) is 15.8. The number of carbonyl (C=O) groups is 1. The Morgan fingerprint density at radius 3 is 2.86 bits per heavy atom. The number of methoxy groups -OCH3 is 1. The van der Waals surface area contributed by atoms with Gasteiger partial charge in [-0.15, -0.1) is 0 Å². The average Bonchev–Trinajstić information content (AvgIpc) is 3.07. The van der Waals surface area contributed by atoms with Gasteiger partial charge < -0.3 is 24.7 Å². The van der Waals surface area contributed by atoms with E-state index < -0.39 is 0 Å². The molecule has 2 heterocycles. The molecule has 2 aromatic carbocycles. The Labute approximate surface area is 163 Å². The fourth-order valence-electron chi connectivity index (χ4n) is 3.56. The van der Waals surface area contributed by atoms with Crippen LogP contribution >= 0.6 is 0 Å². The van der Waals surface area contributed by atoms with Crippen LogP contribution in [0.2, 0.25) is 0 Å². The fourth-order valence-corrected chi connectivity index (χ4v) is 3.56. The molecule has 0 radical (unpaired) electrons. The number of rotatable bonds is 6. The lowest BCUT2D eigenvalue weighted by Crippen LogP contribution is -2.32. The lowest BCUT2D eigenvalue weighted by molar-refractivity contribution is -0.114. The van der Waals surface area contributed by atoms with E-state index in [4.69, 9.17) is 14.5 Å². The molecule has 0 fully saturated rings. The summed E-state index contributed by atoms with van der Waals surface area (Å²) < 4.78 is 13.4. The Kier molecular flexibility index (Phi) is 5.27. The third-order valence-electron chi connectivity index (χ3n) is 4.86. The lowest BCUT2D eigenvalue weighted by Gasteiger charge is -2.26. The van der Waals surface area contributed by atoms with Gasteiger partial charge in [0.2, 0.25) is 5.91 Å². The summed E-state index contributed by atoms with van der Waals surface area (Å²) in [6.45, 7) is 4.18. The smallest absolute Gasteiger partial charge is 0.221 e. The number of aromatic nitrogens is 2. The molecule has 0 saturated carbocycles. The molecule has 3 aromatic rings. The predicted octanol–water partition coefficient (Wildman–Crippen LogP) is 2.86. The van der Waals surface area contributed by atoms with E-state index in [2.05, 4.69) is 15.2 Å². The first-order valence-electron chi connectivity index (χ1n) is 9.34. The van der Waals surface area contributed by atoms with Gasteiger partial charge in [0.05, 0.1) is 30.8 Å². The first-order valence-corrected chi connectivity index (χ1v) is 9.34. The zero-order valence-corrected chi connectivity index (χ0v) is 16.1. The van der Waals surface area contributed by atoms with E-state index in [1.54, 1.807) is 7.11 Å². The van der Waals surface area contributed by atoms with E-state index in [1.807, 2.05) is 42.5 Å². The number of carbonyl (C=O) groups excluding carboxylic acids is 1. The van der Waals surface area contributed by atoms with Gasteiger partial charge in [0.1, 0.15) is 18.2 Å². The van der Waals surface area contributed by atoms with E-state index >= 15 is 0 Å². The molecule has 0 unspecified atom stereocenters. The van der Waals surface area contributed by atoms with Gasteiger partial charge >= 0.3 is 0 Å². The molecule has 28 heavy (non-hydrogen) atoms. The minimum Gasteiger partial charge on any atom is -0.497 e. The van der Waals surface area contributed by atoms with Crippen molar-refractivity contribution in [2.24, 2.45) is 0 Å². The van der Waals surface area contributed by atoms with Crippen molar-refractivity contribution in [3.63, 3.8) is 0 Å². The third kappa shape index (κ3) is 3.85. The Hall–Kier alpha value is -2.90. The first-order chi connectivity index (χ1) is 13.6. The molecule has 0 saturated heterocycles. The minimum atomic E-state index is -0.0665. The van der Waals surface area contributed by atoms with E-state index in [1.165, 1.54) is 6.92 Å². The van der Waals surface area contributed by atoms with Crippen molar-refractivity contribution in [3.8, 4) is 5.75 Å². The Bertz CT molecular complexity index is 981. The molecule has 1 amide bonds. The largest absolute Gasteiger partial charge is 0.497 e. The maximum Gasteiger partial charge on any atom is 0.221 e. The summed E-state index contributed by atoms with van der Waals surface area (Å²) in [5.74, 6) is 1.71. The van der Waals surface area contributed by atoms with E-state index in [0.717, 1.165) is 46.9 Å². The summed E-state index contributed by atoms with van der Waals surface area (Å²) in [6, 6.07) is 14.0. The first kappa shape index (κ1) is 18.5. The quantitative estimate of drug-likeness (QED) is 0.688. The number of nitrogens with zero attached hydrogens (tertiary/aromatic N) is 2. The second-order valence-corrected chi connectivity index (χ2v) is 6.93. The van der Waals surface area contributed by atoms with Crippen molar-refractivity contribution in [3.05, 3.63) is 53.9 Å². The topological polar surface area (TPSA) is 77.4 Å². The van der Waals surface area contributed by atoms with Crippen LogP contribution in [0.15, 0.2) is 42.5 Å². The highest BCUT2D eigenvalue weighted by molar-refractivity contribution is 5.88. The van der Waals surface area contributed by atoms with E-state index in [9.17, 15) is 4.79 Å². The maximum atomic E-state index is 11.1. The molecule has 4 rings (SSSR count). The van der Waals surface area contributed by atoms with Gasteiger partial charge in [0.15, 0.2) is 0 Å². The number of benzene rings is 2. The van der Waals surface area contributed by atoms with Crippen LogP contribution in [0.1, 0.15) is 24.4 Å². The van der Waals surface area contributed by atoms with Gasteiger partial charge in [-0.2, -0.15) is 0 Å². The van der Waals surface area contributed by atoms with E-state index in [-0.39, 0.29) is 11.9 Å².